The molecule has 0 saturated heterocycles. The summed E-state index contributed by atoms with van der Waals surface area (Å²) < 4.78 is 0. The van der Waals surface area contributed by atoms with Gasteiger partial charge in [-0.25, -0.2) is 0 Å². The number of hydrogen-bond acceptors (Lipinski definition) is 3. The average molecular weight is 414 g/mol. The van der Waals surface area contributed by atoms with Crippen LogP contribution in [0.5, 0.6) is 0 Å². The molecule has 0 aliphatic heterocycles. The van der Waals surface area contributed by atoms with E-state index < -0.39 is 0 Å². The highest BCUT2D eigenvalue weighted by Crippen LogP contribution is 2.28. The third-order valence-corrected chi connectivity index (χ3v) is 5.72. The number of amides is 1. The monoisotopic (exact) mass is 413 g/mol. The number of hydrogen-bond donors (Lipinski definition) is 2. The maximum absolute atomic E-state index is 12.4. The van der Waals surface area contributed by atoms with Crippen LogP contribution >= 0.6 is 23.2 Å². The Morgan fingerprint density at radius 2 is 1.57 bits per heavy atom. The van der Waals surface area contributed by atoms with E-state index in [-0.39, 0.29) is 11.9 Å². The second kappa shape index (κ2) is 8.38. The van der Waals surface area contributed by atoms with Crippen LogP contribution in [0, 0.1) is 0 Å². The van der Waals surface area contributed by atoms with Crippen molar-refractivity contribution in [3.05, 3.63) is 70.3 Å². The number of nitrogens with one attached hydrogen (secondary N) is 2. The first kappa shape index (κ1) is 19.0. The summed E-state index contributed by atoms with van der Waals surface area (Å²) in [6.45, 7) is 0. The number of fused-ring (bicyclic) bond motifs is 1. The van der Waals surface area contributed by atoms with Crippen LogP contribution in [0.3, 0.4) is 0 Å². The maximum atomic E-state index is 12.4. The van der Waals surface area contributed by atoms with E-state index >= 15 is 0 Å². The van der Waals surface area contributed by atoms with Gasteiger partial charge < -0.3 is 10.6 Å². The van der Waals surface area contributed by atoms with Crippen molar-refractivity contribution in [2.45, 2.75) is 37.8 Å². The highest BCUT2D eigenvalue weighted by Gasteiger charge is 2.23. The van der Waals surface area contributed by atoms with Crippen LogP contribution in [0.1, 0.15) is 36.0 Å². The number of carbonyl (C=O) groups is 1. The molecule has 0 bridgehead atoms. The first-order valence-electron chi connectivity index (χ1n) is 9.46. The molecule has 4 nitrogen and oxygen atoms in total. The van der Waals surface area contributed by atoms with Gasteiger partial charge in [-0.2, -0.15) is 0 Å². The lowest BCUT2D eigenvalue weighted by Gasteiger charge is -2.30. The fourth-order valence-corrected chi connectivity index (χ4v) is 4.01. The standard InChI is InChI=1S/C22H21Cl2N3O/c23-15-3-1-14(2-4-15)22(28)27-18-8-6-17(7-9-18)26-20-11-12-25-21-13-16(24)5-10-19(20)21/h1-5,10-13,17-18H,6-9H2,(H,25,26)(H,27,28)/t17-,18+. The number of benzene rings is 2. The Morgan fingerprint density at radius 1 is 0.893 bits per heavy atom. The minimum atomic E-state index is -0.0370. The second-order valence-electron chi connectivity index (χ2n) is 7.19. The third kappa shape index (κ3) is 4.40. The van der Waals surface area contributed by atoms with Gasteiger partial charge in [0.25, 0.3) is 5.91 Å². The zero-order valence-electron chi connectivity index (χ0n) is 15.3. The number of carbonyl (C=O) groups excluding carboxylic acids is 1. The van der Waals surface area contributed by atoms with E-state index in [1.807, 2.05) is 24.3 Å². The normalized spacial score (nSPS) is 19.4. The minimum absolute atomic E-state index is 0.0370. The van der Waals surface area contributed by atoms with Gasteiger partial charge in [0.05, 0.1) is 5.52 Å². The Hall–Kier alpha value is -2.30. The van der Waals surface area contributed by atoms with Gasteiger partial charge in [0, 0.05) is 45.0 Å². The molecular weight excluding hydrogens is 393 g/mol. The Bertz CT molecular complexity index is 983. The molecular formula is C22H21Cl2N3O. The van der Waals surface area contributed by atoms with Gasteiger partial charge in [-0.3, -0.25) is 9.78 Å². The second-order valence-corrected chi connectivity index (χ2v) is 8.07. The highest BCUT2D eigenvalue weighted by atomic mass is 35.5. The van der Waals surface area contributed by atoms with Gasteiger partial charge in [-0.05, 0) is 74.2 Å². The summed E-state index contributed by atoms with van der Waals surface area (Å²) in [4.78, 5) is 16.8. The van der Waals surface area contributed by atoms with Crippen molar-refractivity contribution in [1.82, 2.24) is 10.3 Å². The minimum Gasteiger partial charge on any atom is -0.382 e. The van der Waals surface area contributed by atoms with Crippen LogP contribution in [-0.4, -0.2) is 23.0 Å². The lowest BCUT2D eigenvalue weighted by Crippen LogP contribution is -2.40. The van der Waals surface area contributed by atoms with E-state index in [2.05, 4.69) is 15.6 Å². The number of nitrogens with zero attached hydrogens (tertiary/aromatic N) is 1. The molecule has 28 heavy (non-hydrogen) atoms. The molecule has 1 heterocycles. The third-order valence-electron chi connectivity index (χ3n) is 5.23. The largest absolute Gasteiger partial charge is 0.382 e. The molecule has 2 aromatic carbocycles. The summed E-state index contributed by atoms with van der Waals surface area (Å²) in [5.74, 6) is -0.0370. The van der Waals surface area contributed by atoms with Crippen molar-refractivity contribution in [1.29, 1.82) is 0 Å². The number of aromatic nitrogens is 1. The molecule has 1 amide bonds. The fraction of sp³-hybridized carbons (Fsp3) is 0.273. The van der Waals surface area contributed by atoms with Gasteiger partial charge in [-0.1, -0.05) is 23.2 Å². The molecule has 3 aromatic rings. The predicted molar refractivity (Wildman–Crippen MR) is 115 cm³/mol. The van der Waals surface area contributed by atoms with Crippen molar-refractivity contribution >= 4 is 45.7 Å². The number of anilines is 1. The van der Waals surface area contributed by atoms with Crippen LogP contribution in [0.2, 0.25) is 10.0 Å². The number of halogens is 2. The van der Waals surface area contributed by atoms with E-state index in [1.165, 1.54) is 0 Å². The lowest BCUT2D eigenvalue weighted by molar-refractivity contribution is 0.0926. The van der Waals surface area contributed by atoms with Crippen LogP contribution in [0.4, 0.5) is 5.69 Å². The van der Waals surface area contributed by atoms with Gasteiger partial charge in [0.1, 0.15) is 0 Å². The lowest BCUT2D eigenvalue weighted by atomic mass is 9.90. The summed E-state index contributed by atoms with van der Waals surface area (Å²) in [6, 6.07) is 15.4. The van der Waals surface area contributed by atoms with Crippen molar-refractivity contribution in [3.63, 3.8) is 0 Å². The fourth-order valence-electron chi connectivity index (χ4n) is 3.72. The van der Waals surface area contributed by atoms with E-state index in [0.29, 0.717) is 21.7 Å². The van der Waals surface area contributed by atoms with E-state index in [0.717, 1.165) is 42.3 Å². The van der Waals surface area contributed by atoms with E-state index in [1.54, 1.807) is 30.5 Å². The van der Waals surface area contributed by atoms with Gasteiger partial charge >= 0.3 is 0 Å². The molecule has 1 aliphatic rings. The Morgan fingerprint density at radius 3 is 2.32 bits per heavy atom. The maximum Gasteiger partial charge on any atom is 0.251 e. The van der Waals surface area contributed by atoms with Crippen molar-refractivity contribution in [2.24, 2.45) is 0 Å². The van der Waals surface area contributed by atoms with Gasteiger partial charge in [0.15, 0.2) is 0 Å². The summed E-state index contributed by atoms with van der Waals surface area (Å²) >= 11 is 12.0. The topological polar surface area (TPSA) is 54.0 Å². The van der Waals surface area contributed by atoms with Crippen molar-refractivity contribution in [2.75, 3.05) is 5.32 Å². The van der Waals surface area contributed by atoms with Crippen molar-refractivity contribution < 1.29 is 4.79 Å². The predicted octanol–water partition coefficient (Wildman–Crippen LogP) is 5.69. The molecule has 0 spiro atoms. The smallest absolute Gasteiger partial charge is 0.251 e. The zero-order valence-corrected chi connectivity index (χ0v) is 16.8. The van der Waals surface area contributed by atoms with E-state index in [9.17, 15) is 4.79 Å². The van der Waals surface area contributed by atoms with Gasteiger partial charge in [-0.15, -0.1) is 0 Å². The molecule has 0 unspecified atom stereocenters. The zero-order chi connectivity index (χ0) is 19.5. The SMILES string of the molecule is O=C(N[C@H]1CC[C@@H](Nc2ccnc3cc(Cl)ccc23)CC1)c1ccc(Cl)cc1. The first-order valence-corrected chi connectivity index (χ1v) is 10.2. The molecule has 6 heteroatoms. The summed E-state index contributed by atoms with van der Waals surface area (Å²) in [5, 5.41) is 9.18. The Balaban J connectivity index is 1.34. The summed E-state index contributed by atoms with van der Waals surface area (Å²) in [7, 11) is 0. The molecule has 144 valence electrons. The van der Waals surface area contributed by atoms with Crippen molar-refractivity contribution in [3.8, 4) is 0 Å². The molecule has 2 N–H and O–H groups in total. The average Bonchev–Trinajstić information content (AvgIpc) is 2.70. The molecule has 1 aromatic heterocycles. The summed E-state index contributed by atoms with van der Waals surface area (Å²) in [6.07, 6.45) is 5.71. The molecule has 4 rings (SSSR count). The molecule has 0 radical (unpaired) electrons. The molecule has 1 aliphatic carbocycles. The molecule has 1 saturated carbocycles. The number of pyridine rings is 1. The summed E-state index contributed by atoms with van der Waals surface area (Å²) in [5.41, 5.74) is 2.61. The quantitative estimate of drug-likeness (QED) is 0.576. The van der Waals surface area contributed by atoms with Crippen LogP contribution in [0.25, 0.3) is 10.9 Å². The Labute approximate surface area is 174 Å². The molecule has 1 fully saturated rings. The highest BCUT2D eigenvalue weighted by molar-refractivity contribution is 6.31. The van der Waals surface area contributed by atoms with E-state index in [4.69, 9.17) is 23.2 Å². The van der Waals surface area contributed by atoms with Crippen LogP contribution in [-0.2, 0) is 0 Å². The first-order chi connectivity index (χ1) is 13.6. The van der Waals surface area contributed by atoms with Crippen LogP contribution in [0.15, 0.2) is 54.7 Å². The van der Waals surface area contributed by atoms with Crippen LogP contribution < -0.4 is 10.6 Å². The molecule has 0 atom stereocenters. The van der Waals surface area contributed by atoms with Gasteiger partial charge in [0.2, 0.25) is 0 Å². The Kier molecular flexibility index (Phi) is 5.69. The number of rotatable bonds is 4.